The Labute approximate surface area is 115 Å². The molecular weight excluding hydrogens is 238 g/mol. The van der Waals surface area contributed by atoms with Crippen LogP contribution in [-0.4, -0.2) is 24.9 Å². The predicted molar refractivity (Wildman–Crippen MR) is 75.5 cm³/mol. The van der Waals surface area contributed by atoms with Gasteiger partial charge in [-0.25, -0.2) is 0 Å². The van der Waals surface area contributed by atoms with E-state index in [1.807, 2.05) is 6.07 Å². The van der Waals surface area contributed by atoms with Crippen molar-refractivity contribution in [3.8, 4) is 5.75 Å². The molecule has 19 heavy (non-hydrogen) atoms. The molecule has 104 valence electrons. The molecule has 2 aliphatic rings. The Morgan fingerprint density at radius 3 is 2.89 bits per heavy atom. The van der Waals surface area contributed by atoms with Gasteiger partial charge in [0.1, 0.15) is 5.75 Å². The van der Waals surface area contributed by atoms with Gasteiger partial charge < -0.3 is 14.8 Å². The number of ether oxygens (including phenoxy) is 2. The highest BCUT2D eigenvalue weighted by atomic mass is 16.5. The zero-order valence-electron chi connectivity index (χ0n) is 11.8. The minimum atomic E-state index is 0.0555. The lowest BCUT2D eigenvalue weighted by Crippen LogP contribution is -2.34. The van der Waals surface area contributed by atoms with Crippen LogP contribution in [0.15, 0.2) is 24.3 Å². The molecule has 2 unspecified atom stereocenters. The van der Waals surface area contributed by atoms with Crippen molar-refractivity contribution in [3.63, 3.8) is 0 Å². The van der Waals surface area contributed by atoms with E-state index in [0.29, 0.717) is 12.1 Å². The number of hydrogen-bond donors (Lipinski definition) is 1. The molecule has 1 fully saturated rings. The first-order chi connectivity index (χ1) is 9.14. The van der Waals surface area contributed by atoms with E-state index in [-0.39, 0.29) is 5.60 Å². The van der Waals surface area contributed by atoms with E-state index in [1.54, 1.807) is 0 Å². The minimum Gasteiger partial charge on any atom is -0.493 e. The minimum absolute atomic E-state index is 0.0555. The molecule has 3 nitrogen and oxygen atoms in total. The molecule has 2 aliphatic heterocycles. The molecular formula is C16H23NO2. The number of para-hydroxylation sites is 1. The lowest BCUT2D eigenvalue weighted by Gasteiger charge is -2.28. The van der Waals surface area contributed by atoms with Crippen molar-refractivity contribution in [1.29, 1.82) is 0 Å². The van der Waals surface area contributed by atoms with Gasteiger partial charge in [0, 0.05) is 24.6 Å². The topological polar surface area (TPSA) is 30.5 Å². The Balaban J connectivity index is 1.60. The Kier molecular flexibility index (Phi) is 3.50. The number of nitrogens with one attached hydrogen (secondary N) is 1. The van der Waals surface area contributed by atoms with E-state index in [9.17, 15) is 0 Å². The molecule has 0 spiro atoms. The third kappa shape index (κ3) is 2.93. The van der Waals surface area contributed by atoms with E-state index in [2.05, 4.69) is 37.4 Å². The van der Waals surface area contributed by atoms with Crippen LogP contribution in [0.1, 0.15) is 44.7 Å². The first kappa shape index (κ1) is 12.9. The van der Waals surface area contributed by atoms with Crippen molar-refractivity contribution < 1.29 is 9.47 Å². The van der Waals surface area contributed by atoms with Crippen LogP contribution in [0.4, 0.5) is 0 Å². The van der Waals surface area contributed by atoms with Gasteiger partial charge in [-0.3, -0.25) is 0 Å². The maximum Gasteiger partial charge on any atom is 0.124 e. The van der Waals surface area contributed by atoms with Gasteiger partial charge in [-0.15, -0.1) is 0 Å². The molecule has 1 saturated heterocycles. The molecule has 3 rings (SSSR count). The van der Waals surface area contributed by atoms with Gasteiger partial charge in [0.05, 0.1) is 18.3 Å². The van der Waals surface area contributed by atoms with Gasteiger partial charge in [0.2, 0.25) is 0 Å². The highest BCUT2D eigenvalue weighted by molar-refractivity contribution is 5.37. The smallest absolute Gasteiger partial charge is 0.124 e. The first-order valence-electron chi connectivity index (χ1n) is 7.27. The number of rotatable bonds is 3. The average Bonchev–Trinajstić information content (AvgIpc) is 2.76. The van der Waals surface area contributed by atoms with Crippen LogP contribution in [-0.2, 0) is 4.74 Å². The summed E-state index contributed by atoms with van der Waals surface area (Å²) in [6.45, 7) is 6.08. The summed E-state index contributed by atoms with van der Waals surface area (Å²) in [7, 11) is 0. The van der Waals surface area contributed by atoms with Crippen molar-refractivity contribution in [2.75, 3.05) is 13.2 Å². The molecule has 0 bridgehead atoms. The quantitative estimate of drug-likeness (QED) is 0.907. The first-order valence-corrected chi connectivity index (χ1v) is 7.27. The average molecular weight is 261 g/mol. The summed E-state index contributed by atoms with van der Waals surface area (Å²) >= 11 is 0. The molecule has 2 heterocycles. The van der Waals surface area contributed by atoms with Crippen LogP contribution in [0, 0.1) is 0 Å². The molecule has 0 amide bonds. The second kappa shape index (κ2) is 5.14. The van der Waals surface area contributed by atoms with Crippen molar-refractivity contribution >= 4 is 0 Å². The van der Waals surface area contributed by atoms with Crippen LogP contribution in [0.2, 0.25) is 0 Å². The standard InChI is InChI=1S/C16H23NO2/c1-16(2)9-7-12(19-16)11-17-14-8-10-18-15-6-4-3-5-13(14)15/h3-6,12,14,17H,7-11H2,1-2H3. The highest BCUT2D eigenvalue weighted by Crippen LogP contribution is 2.33. The van der Waals surface area contributed by atoms with Gasteiger partial charge >= 0.3 is 0 Å². The number of hydrogen-bond acceptors (Lipinski definition) is 3. The predicted octanol–water partition coefficient (Wildman–Crippen LogP) is 3.06. The van der Waals surface area contributed by atoms with Gasteiger partial charge in [-0.1, -0.05) is 18.2 Å². The summed E-state index contributed by atoms with van der Waals surface area (Å²) in [5, 5.41) is 3.65. The highest BCUT2D eigenvalue weighted by Gasteiger charge is 2.32. The van der Waals surface area contributed by atoms with Gasteiger partial charge in [-0.05, 0) is 32.8 Å². The summed E-state index contributed by atoms with van der Waals surface area (Å²) in [6.07, 6.45) is 3.70. The Morgan fingerprint density at radius 2 is 2.11 bits per heavy atom. The molecule has 0 aliphatic carbocycles. The second-order valence-electron chi connectivity index (χ2n) is 6.17. The van der Waals surface area contributed by atoms with E-state index in [4.69, 9.17) is 9.47 Å². The van der Waals surface area contributed by atoms with Crippen LogP contribution in [0.25, 0.3) is 0 Å². The second-order valence-corrected chi connectivity index (χ2v) is 6.17. The normalized spacial score (nSPS) is 28.7. The maximum atomic E-state index is 6.03. The molecule has 2 atom stereocenters. The molecule has 0 aromatic heterocycles. The summed E-state index contributed by atoms with van der Waals surface area (Å²) in [4.78, 5) is 0. The fraction of sp³-hybridized carbons (Fsp3) is 0.625. The van der Waals surface area contributed by atoms with Crippen LogP contribution in [0.5, 0.6) is 5.75 Å². The summed E-state index contributed by atoms with van der Waals surface area (Å²) in [6, 6.07) is 8.72. The Bertz CT molecular complexity index is 444. The monoisotopic (exact) mass is 261 g/mol. The zero-order chi connectivity index (χ0) is 13.3. The zero-order valence-corrected chi connectivity index (χ0v) is 11.8. The third-order valence-corrected chi connectivity index (χ3v) is 4.10. The summed E-state index contributed by atoms with van der Waals surface area (Å²) in [5.41, 5.74) is 1.34. The van der Waals surface area contributed by atoms with Crippen molar-refractivity contribution in [1.82, 2.24) is 5.32 Å². The SMILES string of the molecule is CC1(C)CCC(CNC2CCOc3ccccc32)O1. The van der Waals surface area contributed by atoms with E-state index < -0.39 is 0 Å². The maximum absolute atomic E-state index is 6.03. The van der Waals surface area contributed by atoms with Crippen molar-refractivity contribution in [2.24, 2.45) is 0 Å². The molecule has 1 N–H and O–H groups in total. The molecule has 1 aromatic carbocycles. The third-order valence-electron chi connectivity index (χ3n) is 4.10. The Morgan fingerprint density at radius 1 is 1.26 bits per heavy atom. The molecule has 0 radical (unpaired) electrons. The van der Waals surface area contributed by atoms with E-state index >= 15 is 0 Å². The molecule has 0 saturated carbocycles. The van der Waals surface area contributed by atoms with Gasteiger partial charge in [0.25, 0.3) is 0 Å². The van der Waals surface area contributed by atoms with Crippen molar-refractivity contribution in [2.45, 2.75) is 50.9 Å². The van der Waals surface area contributed by atoms with E-state index in [1.165, 1.54) is 5.56 Å². The van der Waals surface area contributed by atoms with Crippen LogP contribution < -0.4 is 10.1 Å². The fourth-order valence-corrected chi connectivity index (χ4v) is 3.05. The van der Waals surface area contributed by atoms with Gasteiger partial charge in [0.15, 0.2) is 0 Å². The van der Waals surface area contributed by atoms with Crippen LogP contribution in [0.3, 0.4) is 0 Å². The lowest BCUT2D eigenvalue weighted by atomic mass is 10.00. The molecule has 1 aromatic rings. The number of benzene rings is 1. The summed E-state index contributed by atoms with van der Waals surface area (Å²) < 4.78 is 11.7. The Hall–Kier alpha value is -1.06. The van der Waals surface area contributed by atoms with Crippen molar-refractivity contribution in [3.05, 3.63) is 29.8 Å². The van der Waals surface area contributed by atoms with E-state index in [0.717, 1.165) is 38.2 Å². The fourth-order valence-electron chi connectivity index (χ4n) is 3.05. The molecule has 3 heteroatoms. The number of fused-ring (bicyclic) bond motifs is 1. The lowest BCUT2D eigenvalue weighted by molar-refractivity contribution is -0.0156. The van der Waals surface area contributed by atoms with Crippen LogP contribution >= 0.6 is 0 Å². The summed E-state index contributed by atoms with van der Waals surface area (Å²) in [5.74, 6) is 1.03. The largest absolute Gasteiger partial charge is 0.493 e. The van der Waals surface area contributed by atoms with Gasteiger partial charge in [-0.2, -0.15) is 0 Å².